The van der Waals surface area contributed by atoms with Crippen molar-refractivity contribution in [3.8, 4) is 0 Å². The van der Waals surface area contributed by atoms with Gasteiger partial charge < -0.3 is 0 Å². The average Bonchev–Trinajstić information content (AvgIpc) is 3.08. The molecule has 1 N–H and O–H groups in total. The number of nitrogens with one attached hydrogen (secondary N) is 1. The summed E-state index contributed by atoms with van der Waals surface area (Å²) in [5.41, 5.74) is 1.20. The Hall–Kier alpha value is -0.762. The second-order valence-electron chi connectivity index (χ2n) is 5.01. The second kappa shape index (κ2) is 4.85. The second-order valence-corrected chi connectivity index (χ2v) is 6.54. The molecule has 2 aliphatic rings. The summed E-state index contributed by atoms with van der Waals surface area (Å²) in [4.78, 5) is 2.39. The summed E-state index contributed by atoms with van der Waals surface area (Å²) in [6.07, 6.45) is 5.85. The Labute approximate surface area is 111 Å². The van der Waals surface area contributed by atoms with Crippen LogP contribution in [0.15, 0.2) is 12.3 Å². The van der Waals surface area contributed by atoms with E-state index >= 15 is 0 Å². The van der Waals surface area contributed by atoms with Crippen LogP contribution in [0.25, 0.3) is 0 Å². The summed E-state index contributed by atoms with van der Waals surface area (Å²) < 4.78 is 0.735. The van der Waals surface area contributed by atoms with Crippen LogP contribution in [-0.2, 0) is 0 Å². The zero-order valence-corrected chi connectivity index (χ0v) is 11.7. The SMILES string of the molecule is [As]C1CCN(c2cnnc(NCC3CC3)c2)C1. The molecule has 3 rings (SSSR count). The van der Waals surface area contributed by atoms with E-state index in [9.17, 15) is 0 Å². The summed E-state index contributed by atoms with van der Waals surface area (Å²) in [6, 6.07) is 2.13. The number of anilines is 2. The van der Waals surface area contributed by atoms with Crippen molar-refractivity contribution in [2.45, 2.75) is 24.0 Å². The monoisotopic (exact) mass is 292 g/mol. The third-order valence-corrected chi connectivity index (χ3v) is 4.32. The first kappa shape index (κ1) is 11.3. The topological polar surface area (TPSA) is 41.1 Å². The minimum absolute atomic E-state index is 0.735. The first-order chi connectivity index (χ1) is 8.31. The number of hydrogen-bond donors (Lipinski definition) is 1. The van der Waals surface area contributed by atoms with E-state index in [1.165, 1.54) is 24.9 Å². The van der Waals surface area contributed by atoms with E-state index < -0.39 is 0 Å². The van der Waals surface area contributed by atoms with Crippen molar-refractivity contribution in [2.24, 2.45) is 5.92 Å². The summed E-state index contributed by atoms with van der Waals surface area (Å²) in [6.45, 7) is 3.30. The van der Waals surface area contributed by atoms with Crippen molar-refractivity contribution < 1.29 is 0 Å². The van der Waals surface area contributed by atoms with Crippen molar-refractivity contribution in [1.82, 2.24) is 10.2 Å². The molecule has 17 heavy (non-hydrogen) atoms. The maximum atomic E-state index is 4.14. The summed E-state index contributed by atoms with van der Waals surface area (Å²) in [7, 11) is 0. The third kappa shape index (κ3) is 2.92. The van der Waals surface area contributed by atoms with Gasteiger partial charge in [-0.05, 0) is 0 Å². The van der Waals surface area contributed by atoms with Gasteiger partial charge in [0.2, 0.25) is 0 Å². The molecule has 4 nitrogen and oxygen atoms in total. The number of aromatic nitrogens is 2. The number of hydrogen-bond acceptors (Lipinski definition) is 4. The van der Waals surface area contributed by atoms with E-state index in [4.69, 9.17) is 0 Å². The molecule has 1 atom stereocenters. The van der Waals surface area contributed by atoms with Gasteiger partial charge in [0.25, 0.3) is 0 Å². The molecule has 1 unspecified atom stereocenters. The van der Waals surface area contributed by atoms with E-state index in [1.54, 1.807) is 0 Å². The van der Waals surface area contributed by atoms with Crippen molar-refractivity contribution in [3.05, 3.63) is 12.3 Å². The fraction of sp³-hybridized carbons (Fsp3) is 0.667. The van der Waals surface area contributed by atoms with Crippen molar-refractivity contribution in [1.29, 1.82) is 0 Å². The zero-order valence-electron chi connectivity index (χ0n) is 9.84. The molecule has 0 bridgehead atoms. The van der Waals surface area contributed by atoms with E-state index in [2.05, 4.69) is 43.3 Å². The molecule has 0 amide bonds. The molecule has 1 aromatic heterocycles. The Balaban J connectivity index is 1.65. The number of nitrogens with zero attached hydrogens (tertiary/aromatic N) is 3. The molecule has 1 aromatic rings. The van der Waals surface area contributed by atoms with Gasteiger partial charge in [-0.25, -0.2) is 0 Å². The predicted octanol–water partition coefficient (Wildman–Crippen LogP) is 1.47. The van der Waals surface area contributed by atoms with Crippen LogP contribution < -0.4 is 10.2 Å². The van der Waals surface area contributed by atoms with Crippen LogP contribution in [0, 0.1) is 5.92 Å². The van der Waals surface area contributed by atoms with E-state index in [0.29, 0.717) is 0 Å². The van der Waals surface area contributed by atoms with Crippen LogP contribution in [-0.4, -0.2) is 46.7 Å². The van der Waals surface area contributed by atoms with Crippen LogP contribution in [0.3, 0.4) is 0 Å². The maximum absolute atomic E-state index is 4.14. The third-order valence-electron chi connectivity index (χ3n) is 3.44. The Morgan fingerprint density at radius 1 is 1.41 bits per heavy atom. The van der Waals surface area contributed by atoms with Gasteiger partial charge in [-0.2, -0.15) is 0 Å². The fourth-order valence-corrected chi connectivity index (χ4v) is 2.82. The van der Waals surface area contributed by atoms with Gasteiger partial charge in [0.1, 0.15) is 0 Å². The molecule has 1 aliphatic carbocycles. The Bertz CT molecular complexity index is 394. The van der Waals surface area contributed by atoms with Crippen molar-refractivity contribution in [2.75, 3.05) is 29.9 Å². The standard InChI is InChI=1S/C12H17AsN4/c13-10-3-4-17(8-10)11-5-12(16-15-7-11)14-6-9-1-2-9/h5,7,9-10H,1-4,6,8H2,(H,14,16). The molecule has 0 aromatic carbocycles. The van der Waals surface area contributed by atoms with Gasteiger partial charge in [0.15, 0.2) is 0 Å². The summed E-state index contributed by atoms with van der Waals surface area (Å²) in [5, 5.41) is 11.6. The van der Waals surface area contributed by atoms with Gasteiger partial charge in [-0.1, -0.05) is 0 Å². The number of rotatable bonds is 4. The quantitative estimate of drug-likeness (QED) is 0.853. The van der Waals surface area contributed by atoms with Crippen molar-refractivity contribution in [3.63, 3.8) is 0 Å². The van der Waals surface area contributed by atoms with Crippen LogP contribution in [0.4, 0.5) is 11.5 Å². The first-order valence-corrected chi connectivity index (χ1v) is 7.39. The molecule has 90 valence electrons. The fourth-order valence-electron chi connectivity index (χ4n) is 2.16. The molecule has 2 radical (unpaired) electrons. The molecular weight excluding hydrogens is 275 g/mol. The Morgan fingerprint density at radius 2 is 2.29 bits per heavy atom. The zero-order chi connectivity index (χ0) is 11.7. The van der Waals surface area contributed by atoms with Crippen LogP contribution in [0.1, 0.15) is 19.3 Å². The van der Waals surface area contributed by atoms with Gasteiger partial charge in [0.05, 0.1) is 0 Å². The van der Waals surface area contributed by atoms with E-state index in [1.807, 2.05) is 6.20 Å². The van der Waals surface area contributed by atoms with E-state index in [0.717, 1.165) is 36.1 Å². The van der Waals surface area contributed by atoms with Crippen LogP contribution >= 0.6 is 0 Å². The van der Waals surface area contributed by atoms with Gasteiger partial charge in [-0.3, -0.25) is 0 Å². The van der Waals surface area contributed by atoms with Crippen LogP contribution in [0.2, 0.25) is 4.71 Å². The molecule has 2 heterocycles. The normalized spacial score (nSPS) is 24.1. The summed E-state index contributed by atoms with van der Waals surface area (Å²) in [5.74, 6) is 1.79. The molecule has 1 saturated carbocycles. The molecular formula is C12H17AsN4. The molecule has 5 heteroatoms. The molecule has 1 saturated heterocycles. The average molecular weight is 292 g/mol. The van der Waals surface area contributed by atoms with Crippen LogP contribution in [0.5, 0.6) is 0 Å². The Kier molecular flexibility index (Phi) is 3.23. The minimum atomic E-state index is 0.735. The van der Waals surface area contributed by atoms with Gasteiger partial charge >= 0.3 is 111 Å². The van der Waals surface area contributed by atoms with E-state index in [-0.39, 0.29) is 0 Å². The van der Waals surface area contributed by atoms with Gasteiger partial charge in [0, 0.05) is 0 Å². The molecule has 2 fully saturated rings. The first-order valence-electron chi connectivity index (χ1n) is 6.31. The van der Waals surface area contributed by atoms with Crippen molar-refractivity contribution >= 4 is 28.4 Å². The predicted molar refractivity (Wildman–Crippen MR) is 69.6 cm³/mol. The summed E-state index contributed by atoms with van der Waals surface area (Å²) >= 11 is 2.76. The molecule has 0 spiro atoms. The molecule has 1 aliphatic heterocycles. The Morgan fingerprint density at radius 3 is 3.00 bits per heavy atom. The van der Waals surface area contributed by atoms with Gasteiger partial charge in [-0.15, -0.1) is 0 Å².